The number of para-hydroxylation sites is 2. The Morgan fingerprint density at radius 3 is 2.45 bits per heavy atom. The zero-order chi connectivity index (χ0) is 20.0. The van der Waals surface area contributed by atoms with Crippen molar-refractivity contribution in [2.24, 2.45) is 0 Å². The van der Waals surface area contributed by atoms with Crippen LogP contribution in [-0.2, 0) is 11.2 Å². The van der Waals surface area contributed by atoms with Gasteiger partial charge in [-0.2, -0.15) is 0 Å². The molecule has 0 amide bonds. The number of hydrogen-bond donors (Lipinski definition) is 3. The summed E-state index contributed by atoms with van der Waals surface area (Å²) in [5, 5.41) is 38.7. The first-order chi connectivity index (χ1) is 14.2. The zero-order valence-electron chi connectivity index (χ0n) is 15.5. The van der Waals surface area contributed by atoms with E-state index >= 15 is 0 Å². The van der Waals surface area contributed by atoms with E-state index in [1.165, 1.54) is 0 Å². The van der Waals surface area contributed by atoms with Gasteiger partial charge in [-0.25, -0.2) is 4.98 Å². The van der Waals surface area contributed by atoms with Crippen molar-refractivity contribution in [2.75, 3.05) is 6.61 Å². The molecule has 8 heteroatoms. The van der Waals surface area contributed by atoms with Crippen LogP contribution in [0.3, 0.4) is 0 Å². The van der Waals surface area contributed by atoms with Crippen molar-refractivity contribution in [1.82, 2.24) is 19.6 Å². The number of ether oxygens (including phenoxy) is 1. The van der Waals surface area contributed by atoms with Gasteiger partial charge in [-0.1, -0.05) is 42.5 Å². The number of benzene rings is 2. The smallest absolute Gasteiger partial charge is 0.183 e. The third-order valence-corrected chi connectivity index (χ3v) is 5.34. The summed E-state index contributed by atoms with van der Waals surface area (Å²) in [5.41, 5.74) is 3.95. The Balaban J connectivity index is 1.69. The molecule has 0 spiro atoms. The molecular formula is C21H20N4O4. The number of nitrogens with zero attached hydrogens (tertiary/aromatic N) is 4. The highest BCUT2D eigenvalue weighted by molar-refractivity contribution is 5.78. The van der Waals surface area contributed by atoms with Gasteiger partial charge in [-0.3, -0.25) is 4.40 Å². The van der Waals surface area contributed by atoms with E-state index in [1.54, 1.807) is 0 Å². The van der Waals surface area contributed by atoms with Crippen LogP contribution in [0.4, 0.5) is 0 Å². The standard InChI is InChI=1S/C21H20N4O4/c26-11-16-17(27)18(28)19(29-16)21-24-23-20-14(10-12-6-2-1-3-7-12)22-13-8-4-5-9-15(13)25(20)21/h1-9,16-19,26-28H,10-11H2/t16-,17-,18+,19+/m1/s1. The van der Waals surface area contributed by atoms with E-state index < -0.39 is 31.0 Å². The van der Waals surface area contributed by atoms with Crippen molar-refractivity contribution >= 4 is 16.7 Å². The van der Waals surface area contributed by atoms with Crippen LogP contribution in [0.2, 0.25) is 0 Å². The molecule has 8 nitrogen and oxygen atoms in total. The van der Waals surface area contributed by atoms with Crippen molar-refractivity contribution in [3.05, 3.63) is 71.7 Å². The molecule has 0 aliphatic carbocycles. The monoisotopic (exact) mass is 392 g/mol. The summed E-state index contributed by atoms with van der Waals surface area (Å²) in [5.74, 6) is 0.371. The molecule has 1 fully saturated rings. The van der Waals surface area contributed by atoms with Crippen molar-refractivity contribution < 1.29 is 20.1 Å². The van der Waals surface area contributed by atoms with Gasteiger partial charge in [0.15, 0.2) is 11.5 Å². The number of rotatable bonds is 4. The Hall–Kier alpha value is -2.91. The Morgan fingerprint density at radius 1 is 0.931 bits per heavy atom. The highest BCUT2D eigenvalue weighted by Crippen LogP contribution is 2.34. The molecule has 4 aromatic rings. The summed E-state index contributed by atoms with van der Waals surface area (Å²) in [6.07, 6.45) is -3.63. The van der Waals surface area contributed by atoms with Crippen LogP contribution in [-0.4, -0.2) is 59.8 Å². The number of hydrogen-bond acceptors (Lipinski definition) is 7. The molecule has 0 radical (unpaired) electrons. The van der Waals surface area contributed by atoms with Crippen molar-refractivity contribution in [3.8, 4) is 0 Å². The van der Waals surface area contributed by atoms with Crippen LogP contribution >= 0.6 is 0 Å². The molecule has 2 aromatic heterocycles. The Bertz CT molecular complexity index is 1160. The Morgan fingerprint density at radius 2 is 1.69 bits per heavy atom. The highest BCUT2D eigenvalue weighted by atomic mass is 16.6. The predicted octanol–water partition coefficient (Wildman–Crippen LogP) is 1.02. The first-order valence-corrected chi connectivity index (χ1v) is 9.46. The van der Waals surface area contributed by atoms with Gasteiger partial charge in [0.25, 0.3) is 0 Å². The fourth-order valence-electron chi connectivity index (χ4n) is 3.87. The molecule has 3 heterocycles. The number of aliphatic hydroxyl groups is 3. The minimum Gasteiger partial charge on any atom is -0.394 e. The lowest BCUT2D eigenvalue weighted by atomic mass is 10.1. The van der Waals surface area contributed by atoms with Crippen LogP contribution in [0, 0.1) is 0 Å². The van der Waals surface area contributed by atoms with Crippen LogP contribution in [0.1, 0.15) is 23.2 Å². The van der Waals surface area contributed by atoms with E-state index in [0.717, 1.165) is 22.3 Å². The van der Waals surface area contributed by atoms with Gasteiger partial charge in [0.05, 0.1) is 23.3 Å². The second-order valence-corrected chi connectivity index (χ2v) is 7.19. The summed E-state index contributed by atoms with van der Waals surface area (Å²) < 4.78 is 7.52. The molecule has 0 bridgehead atoms. The molecular weight excluding hydrogens is 372 g/mol. The zero-order valence-corrected chi connectivity index (χ0v) is 15.5. The molecule has 0 unspecified atom stereocenters. The Kier molecular flexibility index (Phi) is 4.48. The maximum absolute atomic E-state index is 10.5. The molecule has 5 rings (SSSR count). The van der Waals surface area contributed by atoms with Gasteiger partial charge in [-0.15, -0.1) is 10.2 Å². The van der Waals surface area contributed by atoms with Crippen molar-refractivity contribution in [2.45, 2.75) is 30.8 Å². The van der Waals surface area contributed by atoms with E-state index in [2.05, 4.69) is 10.2 Å². The summed E-state index contributed by atoms with van der Waals surface area (Å²) >= 11 is 0. The predicted molar refractivity (Wildman–Crippen MR) is 104 cm³/mol. The molecule has 4 atom stereocenters. The molecule has 3 N–H and O–H groups in total. The molecule has 148 valence electrons. The first-order valence-electron chi connectivity index (χ1n) is 9.46. The number of fused-ring (bicyclic) bond motifs is 3. The van der Waals surface area contributed by atoms with E-state index in [9.17, 15) is 15.3 Å². The van der Waals surface area contributed by atoms with Gasteiger partial charge < -0.3 is 20.1 Å². The summed E-state index contributed by atoms with van der Waals surface area (Å²) in [7, 11) is 0. The first kappa shape index (κ1) is 18.1. The third-order valence-electron chi connectivity index (χ3n) is 5.34. The molecule has 2 aromatic carbocycles. The quantitative estimate of drug-likeness (QED) is 0.475. The lowest BCUT2D eigenvalue weighted by Gasteiger charge is -2.14. The lowest BCUT2D eigenvalue weighted by Crippen LogP contribution is -2.32. The van der Waals surface area contributed by atoms with E-state index in [4.69, 9.17) is 9.72 Å². The van der Waals surface area contributed by atoms with Gasteiger partial charge in [-0.05, 0) is 17.7 Å². The maximum atomic E-state index is 10.5. The van der Waals surface area contributed by atoms with Gasteiger partial charge in [0.2, 0.25) is 0 Å². The largest absolute Gasteiger partial charge is 0.394 e. The third kappa shape index (κ3) is 2.97. The van der Waals surface area contributed by atoms with Gasteiger partial charge >= 0.3 is 0 Å². The summed E-state index contributed by atoms with van der Waals surface area (Å²) in [6.45, 7) is -0.396. The van der Waals surface area contributed by atoms with E-state index in [0.29, 0.717) is 17.9 Å². The molecule has 1 saturated heterocycles. The average Bonchev–Trinajstić information content (AvgIpc) is 3.31. The van der Waals surface area contributed by atoms with Crippen LogP contribution in [0.25, 0.3) is 16.7 Å². The number of aromatic nitrogens is 4. The van der Waals surface area contributed by atoms with Crippen molar-refractivity contribution in [1.29, 1.82) is 0 Å². The topological polar surface area (TPSA) is 113 Å². The Labute approximate surface area is 166 Å². The molecule has 29 heavy (non-hydrogen) atoms. The summed E-state index contributed by atoms with van der Waals surface area (Å²) in [6, 6.07) is 17.6. The molecule has 1 aliphatic rings. The second kappa shape index (κ2) is 7.16. The average molecular weight is 392 g/mol. The van der Waals surface area contributed by atoms with E-state index in [1.807, 2.05) is 59.0 Å². The highest BCUT2D eigenvalue weighted by Gasteiger charge is 2.45. The van der Waals surface area contributed by atoms with Crippen LogP contribution in [0.5, 0.6) is 0 Å². The molecule has 0 saturated carbocycles. The van der Waals surface area contributed by atoms with Crippen LogP contribution < -0.4 is 0 Å². The summed E-state index contributed by atoms with van der Waals surface area (Å²) in [4.78, 5) is 4.79. The van der Waals surface area contributed by atoms with E-state index in [-0.39, 0.29) is 0 Å². The fourth-order valence-corrected chi connectivity index (χ4v) is 3.87. The number of aliphatic hydroxyl groups excluding tert-OH is 3. The fraction of sp³-hybridized carbons (Fsp3) is 0.286. The SMILES string of the molecule is OC[C@H]1O[C@H](c2nnc3c(Cc4ccccc4)nc4ccccc4n23)[C@@H](O)[C@@H]1O. The minimum atomic E-state index is -1.22. The maximum Gasteiger partial charge on any atom is 0.183 e. The second-order valence-electron chi connectivity index (χ2n) is 7.19. The van der Waals surface area contributed by atoms with Crippen LogP contribution in [0.15, 0.2) is 54.6 Å². The normalized spacial score (nSPS) is 24.5. The van der Waals surface area contributed by atoms with Crippen molar-refractivity contribution in [3.63, 3.8) is 0 Å². The van der Waals surface area contributed by atoms with Gasteiger partial charge in [0, 0.05) is 6.42 Å². The molecule has 1 aliphatic heterocycles. The van der Waals surface area contributed by atoms with Gasteiger partial charge in [0.1, 0.15) is 24.4 Å². The minimum absolute atomic E-state index is 0.371. The lowest BCUT2D eigenvalue weighted by molar-refractivity contribution is -0.0254.